The lowest BCUT2D eigenvalue weighted by Gasteiger charge is -2.21. The SMILES string of the molecule is CC1(C)c2ccccc2-c2c(-c3cc(-c4cccc5c4sc4ccccc45)nc(-c4cccc5sc6ccccc6c45)n3)cccc21. The number of fused-ring (bicyclic) bond motifs is 9. The molecule has 0 fully saturated rings. The van der Waals surface area contributed by atoms with Crippen LogP contribution in [0.4, 0.5) is 0 Å². The van der Waals surface area contributed by atoms with E-state index in [2.05, 4.69) is 147 Å². The molecule has 9 aromatic rings. The van der Waals surface area contributed by atoms with E-state index >= 15 is 0 Å². The second-order valence-corrected chi connectivity index (χ2v) is 15.1. The summed E-state index contributed by atoms with van der Waals surface area (Å²) in [4.78, 5) is 10.9. The highest BCUT2D eigenvalue weighted by atomic mass is 32.1. The summed E-state index contributed by atoms with van der Waals surface area (Å²) in [6.07, 6.45) is 0. The molecular formula is C43H28N2S2. The van der Waals surface area contributed by atoms with Crippen LogP contribution in [-0.2, 0) is 5.41 Å². The molecule has 0 aliphatic heterocycles. The first-order chi connectivity index (χ1) is 23.1. The van der Waals surface area contributed by atoms with Gasteiger partial charge in [0.25, 0.3) is 0 Å². The molecule has 1 aliphatic rings. The maximum atomic E-state index is 5.45. The van der Waals surface area contributed by atoms with Crippen molar-refractivity contribution in [1.29, 1.82) is 0 Å². The largest absolute Gasteiger partial charge is 0.228 e. The van der Waals surface area contributed by atoms with E-state index < -0.39 is 0 Å². The average Bonchev–Trinajstić information content (AvgIpc) is 3.76. The molecule has 0 atom stereocenters. The van der Waals surface area contributed by atoms with Crippen molar-refractivity contribution in [2.45, 2.75) is 19.3 Å². The number of benzene rings is 6. The Kier molecular flexibility index (Phi) is 5.70. The lowest BCUT2D eigenvalue weighted by molar-refractivity contribution is 0.660. The third kappa shape index (κ3) is 3.89. The minimum absolute atomic E-state index is 0.0928. The molecule has 0 unspecified atom stereocenters. The smallest absolute Gasteiger partial charge is 0.161 e. The number of rotatable bonds is 3. The van der Waals surface area contributed by atoms with E-state index in [1.54, 1.807) is 0 Å². The second-order valence-electron chi connectivity index (χ2n) is 12.9. The predicted octanol–water partition coefficient (Wildman–Crippen LogP) is 12.5. The molecule has 0 radical (unpaired) electrons. The Morgan fingerprint density at radius 1 is 0.468 bits per heavy atom. The fourth-order valence-electron chi connectivity index (χ4n) is 7.72. The zero-order chi connectivity index (χ0) is 31.3. The van der Waals surface area contributed by atoms with Gasteiger partial charge in [0.05, 0.1) is 11.4 Å². The van der Waals surface area contributed by atoms with E-state index in [-0.39, 0.29) is 5.41 Å². The van der Waals surface area contributed by atoms with Crippen molar-refractivity contribution >= 4 is 63.0 Å². The second kappa shape index (κ2) is 9.92. The first-order valence-electron chi connectivity index (χ1n) is 16.0. The van der Waals surface area contributed by atoms with Gasteiger partial charge in [0.2, 0.25) is 0 Å². The van der Waals surface area contributed by atoms with Crippen LogP contribution in [0.1, 0.15) is 25.0 Å². The summed E-state index contributed by atoms with van der Waals surface area (Å²) < 4.78 is 5.08. The molecule has 0 spiro atoms. The van der Waals surface area contributed by atoms with Crippen LogP contribution >= 0.6 is 22.7 Å². The predicted molar refractivity (Wildman–Crippen MR) is 202 cm³/mol. The minimum atomic E-state index is -0.0928. The molecular weight excluding hydrogens is 609 g/mol. The minimum Gasteiger partial charge on any atom is -0.228 e. The summed E-state index contributed by atoms with van der Waals surface area (Å²) in [6.45, 7) is 4.67. The summed E-state index contributed by atoms with van der Waals surface area (Å²) in [5.74, 6) is 0.757. The number of hydrogen-bond donors (Lipinski definition) is 0. The summed E-state index contributed by atoms with van der Waals surface area (Å²) in [6, 6.07) is 48.4. The highest BCUT2D eigenvalue weighted by Gasteiger charge is 2.37. The van der Waals surface area contributed by atoms with Crippen LogP contribution in [0, 0.1) is 0 Å². The van der Waals surface area contributed by atoms with Crippen molar-refractivity contribution in [2.75, 3.05) is 0 Å². The lowest BCUT2D eigenvalue weighted by Crippen LogP contribution is -2.14. The third-order valence-electron chi connectivity index (χ3n) is 9.93. The van der Waals surface area contributed by atoms with Crippen LogP contribution in [-0.4, -0.2) is 9.97 Å². The van der Waals surface area contributed by atoms with Crippen LogP contribution in [0.2, 0.25) is 0 Å². The van der Waals surface area contributed by atoms with Crippen molar-refractivity contribution in [3.63, 3.8) is 0 Å². The van der Waals surface area contributed by atoms with Crippen molar-refractivity contribution in [3.8, 4) is 45.0 Å². The van der Waals surface area contributed by atoms with Gasteiger partial charge in [-0.05, 0) is 46.5 Å². The molecule has 4 heteroatoms. The highest BCUT2D eigenvalue weighted by molar-refractivity contribution is 7.26. The Labute approximate surface area is 280 Å². The highest BCUT2D eigenvalue weighted by Crippen LogP contribution is 2.52. The van der Waals surface area contributed by atoms with Gasteiger partial charge in [-0.15, -0.1) is 22.7 Å². The number of hydrogen-bond acceptors (Lipinski definition) is 4. The van der Waals surface area contributed by atoms with Crippen molar-refractivity contribution in [2.24, 2.45) is 0 Å². The van der Waals surface area contributed by atoms with Crippen molar-refractivity contribution in [1.82, 2.24) is 9.97 Å². The zero-order valence-corrected chi connectivity index (χ0v) is 27.5. The molecule has 2 nitrogen and oxygen atoms in total. The van der Waals surface area contributed by atoms with E-state index in [0.29, 0.717) is 0 Å². The summed E-state index contributed by atoms with van der Waals surface area (Å²) in [7, 11) is 0. The van der Waals surface area contributed by atoms with E-state index in [4.69, 9.17) is 9.97 Å². The van der Waals surface area contributed by atoms with E-state index in [9.17, 15) is 0 Å². The number of aromatic nitrogens is 2. The number of thiophene rings is 2. The van der Waals surface area contributed by atoms with Crippen LogP contribution in [0.15, 0.2) is 133 Å². The van der Waals surface area contributed by atoms with Gasteiger partial charge >= 0.3 is 0 Å². The Hall–Kier alpha value is -5.16. The van der Waals surface area contributed by atoms with Gasteiger partial charge in [-0.1, -0.05) is 123 Å². The Morgan fingerprint density at radius 3 is 1.91 bits per heavy atom. The third-order valence-corrected chi connectivity index (χ3v) is 12.3. The van der Waals surface area contributed by atoms with Gasteiger partial charge in [-0.25, -0.2) is 9.97 Å². The maximum Gasteiger partial charge on any atom is 0.161 e. The molecule has 6 aromatic carbocycles. The Morgan fingerprint density at radius 2 is 1.04 bits per heavy atom. The normalized spacial score (nSPS) is 13.5. The fraction of sp³-hybridized carbons (Fsp3) is 0.0698. The summed E-state index contributed by atoms with van der Waals surface area (Å²) >= 11 is 3.67. The van der Waals surface area contributed by atoms with Crippen LogP contribution in [0.3, 0.4) is 0 Å². The maximum absolute atomic E-state index is 5.45. The Bertz CT molecular complexity index is 2730. The molecule has 47 heavy (non-hydrogen) atoms. The molecule has 0 bridgehead atoms. The summed E-state index contributed by atoms with van der Waals surface area (Å²) in [5, 5.41) is 5.03. The molecule has 0 N–H and O–H groups in total. The zero-order valence-electron chi connectivity index (χ0n) is 25.9. The quantitative estimate of drug-likeness (QED) is 0.193. The number of nitrogens with zero attached hydrogens (tertiary/aromatic N) is 2. The van der Waals surface area contributed by atoms with Gasteiger partial charge in [-0.3, -0.25) is 0 Å². The lowest BCUT2D eigenvalue weighted by atomic mass is 9.82. The average molecular weight is 637 g/mol. The molecule has 222 valence electrons. The molecule has 10 rings (SSSR count). The fourth-order valence-corrected chi connectivity index (χ4v) is 10.1. The topological polar surface area (TPSA) is 25.8 Å². The van der Waals surface area contributed by atoms with Gasteiger partial charge < -0.3 is 0 Å². The van der Waals surface area contributed by atoms with Gasteiger partial charge in [0.15, 0.2) is 5.82 Å². The first-order valence-corrected chi connectivity index (χ1v) is 17.6. The van der Waals surface area contributed by atoms with E-state index in [0.717, 1.165) is 33.9 Å². The molecule has 0 saturated carbocycles. The van der Waals surface area contributed by atoms with Crippen LogP contribution < -0.4 is 0 Å². The standard InChI is InChI=1S/C43H28N2S2/c1-43(2)32-19-6-3-13-27(32)39-28(16-10-20-33(39)43)34-24-35(29-17-9-15-26-25-12-4-7-21-36(25)47-41(26)29)45-42(44-34)31-18-11-23-38-40(31)30-14-5-8-22-37(30)46-38/h3-24H,1-2H3. The monoisotopic (exact) mass is 636 g/mol. The first kappa shape index (κ1) is 27.0. The van der Waals surface area contributed by atoms with Crippen LogP contribution in [0.5, 0.6) is 0 Å². The van der Waals surface area contributed by atoms with Crippen molar-refractivity contribution in [3.05, 3.63) is 145 Å². The van der Waals surface area contributed by atoms with E-state index in [1.807, 2.05) is 22.7 Å². The van der Waals surface area contributed by atoms with E-state index in [1.165, 1.54) is 62.6 Å². The molecule has 0 amide bonds. The molecule has 3 heterocycles. The molecule has 3 aromatic heterocycles. The molecule has 1 aliphatic carbocycles. The van der Waals surface area contributed by atoms with Gasteiger partial charge in [-0.2, -0.15) is 0 Å². The van der Waals surface area contributed by atoms with Gasteiger partial charge in [0.1, 0.15) is 0 Å². The molecule has 0 saturated heterocycles. The van der Waals surface area contributed by atoms with Gasteiger partial charge in [0, 0.05) is 62.4 Å². The van der Waals surface area contributed by atoms with Crippen molar-refractivity contribution < 1.29 is 0 Å². The summed E-state index contributed by atoms with van der Waals surface area (Å²) in [5.41, 5.74) is 10.4. The Balaban J connectivity index is 1.30. The van der Waals surface area contributed by atoms with Crippen LogP contribution in [0.25, 0.3) is 85.4 Å².